The number of benzene rings is 2. The molecule has 3 aromatic rings. The van der Waals surface area contributed by atoms with Crippen LogP contribution >= 0.6 is 15.9 Å². The van der Waals surface area contributed by atoms with Crippen LogP contribution in [0.4, 0.5) is 0 Å². The van der Waals surface area contributed by atoms with Crippen molar-refractivity contribution in [1.29, 1.82) is 0 Å². The zero-order valence-electron chi connectivity index (χ0n) is 15.8. The molecule has 1 heterocycles. The first-order valence-corrected chi connectivity index (χ1v) is 10.5. The van der Waals surface area contributed by atoms with Crippen molar-refractivity contribution in [1.82, 2.24) is 10.3 Å². The fourth-order valence-corrected chi connectivity index (χ4v) is 3.85. The molecule has 0 radical (unpaired) electrons. The summed E-state index contributed by atoms with van der Waals surface area (Å²) in [7, 11) is 0. The monoisotopic (exact) mass is 438 g/mol. The molecule has 1 saturated carbocycles. The van der Waals surface area contributed by atoms with E-state index in [1.165, 1.54) is 6.42 Å². The molecule has 0 saturated heterocycles. The van der Waals surface area contributed by atoms with Crippen molar-refractivity contribution in [2.24, 2.45) is 5.92 Å². The maximum Gasteiger partial charge on any atom is 0.226 e. The Morgan fingerprint density at radius 1 is 1.18 bits per heavy atom. The Morgan fingerprint density at radius 3 is 2.54 bits per heavy atom. The standard InChI is InChI=1S/C23H23BrN2O2/c1-15-20(25-23(28-15)18-6-3-2-4-7-18)14-21(27)26-22(16-8-5-9-16)17-10-12-19(24)13-11-17/h2-4,6-7,10-13,16,22H,5,8-9,14H2,1H3,(H,26,27). The number of amides is 1. The molecule has 1 aromatic heterocycles. The zero-order chi connectivity index (χ0) is 19.5. The third-order valence-corrected chi connectivity index (χ3v) is 5.94. The number of carbonyl (C=O) groups excluding carboxylic acids is 1. The van der Waals surface area contributed by atoms with Crippen molar-refractivity contribution >= 4 is 21.8 Å². The van der Waals surface area contributed by atoms with Gasteiger partial charge >= 0.3 is 0 Å². The molecule has 144 valence electrons. The van der Waals surface area contributed by atoms with Gasteiger partial charge in [0.1, 0.15) is 5.76 Å². The van der Waals surface area contributed by atoms with Crippen LogP contribution in [-0.2, 0) is 11.2 Å². The summed E-state index contributed by atoms with van der Waals surface area (Å²) in [6.07, 6.45) is 3.77. The predicted octanol–water partition coefficient (Wildman–Crippen LogP) is 5.61. The highest BCUT2D eigenvalue weighted by atomic mass is 79.9. The predicted molar refractivity (Wildman–Crippen MR) is 113 cm³/mol. The topological polar surface area (TPSA) is 55.1 Å². The van der Waals surface area contributed by atoms with E-state index in [1.807, 2.05) is 49.4 Å². The van der Waals surface area contributed by atoms with Gasteiger partial charge in [-0.25, -0.2) is 4.98 Å². The maximum atomic E-state index is 12.8. The molecule has 1 fully saturated rings. The normalized spacial score (nSPS) is 15.1. The van der Waals surface area contributed by atoms with Crippen LogP contribution in [0.15, 0.2) is 63.5 Å². The second kappa shape index (κ2) is 8.31. The molecule has 2 aromatic carbocycles. The first kappa shape index (κ1) is 18.9. The number of hydrogen-bond acceptors (Lipinski definition) is 3. The zero-order valence-corrected chi connectivity index (χ0v) is 17.4. The van der Waals surface area contributed by atoms with Crippen LogP contribution in [0, 0.1) is 12.8 Å². The van der Waals surface area contributed by atoms with Crippen LogP contribution in [0.2, 0.25) is 0 Å². The molecular formula is C23H23BrN2O2. The fourth-order valence-electron chi connectivity index (χ4n) is 3.59. The lowest BCUT2D eigenvalue weighted by atomic mass is 9.77. The van der Waals surface area contributed by atoms with Gasteiger partial charge in [-0.2, -0.15) is 0 Å². The van der Waals surface area contributed by atoms with Gasteiger partial charge in [-0.05, 0) is 55.5 Å². The summed E-state index contributed by atoms with van der Waals surface area (Å²) in [5, 5.41) is 3.24. The second-order valence-electron chi connectivity index (χ2n) is 7.35. The van der Waals surface area contributed by atoms with Gasteiger partial charge in [-0.1, -0.05) is 52.7 Å². The Balaban J connectivity index is 1.48. The van der Waals surface area contributed by atoms with E-state index in [2.05, 4.69) is 38.4 Å². The quantitative estimate of drug-likeness (QED) is 0.543. The minimum absolute atomic E-state index is 0.0177. The summed E-state index contributed by atoms with van der Waals surface area (Å²) in [4.78, 5) is 17.4. The largest absolute Gasteiger partial charge is 0.441 e. The Labute approximate surface area is 173 Å². The van der Waals surface area contributed by atoms with Crippen LogP contribution in [-0.4, -0.2) is 10.9 Å². The van der Waals surface area contributed by atoms with Gasteiger partial charge < -0.3 is 9.73 Å². The van der Waals surface area contributed by atoms with Gasteiger partial charge in [0.2, 0.25) is 11.8 Å². The number of oxazole rings is 1. The number of aryl methyl sites for hydroxylation is 1. The summed E-state index contributed by atoms with van der Waals surface area (Å²) in [5.41, 5.74) is 2.77. The van der Waals surface area contributed by atoms with Crippen LogP contribution in [0.5, 0.6) is 0 Å². The Kier molecular flexibility index (Phi) is 5.62. The van der Waals surface area contributed by atoms with E-state index in [9.17, 15) is 4.79 Å². The highest BCUT2D eigenvalue weighted by Gasteiger charge is 2.30. The van der Waals surface area contributed by atoms with Crippen molar-refractivity contribution in [3.05, 3.63) is 76.1 Å². The number of hydrogen-bond donors (Lipinski definition) is 1. The van der Waals surface area contributed by atoms with Gasteiger partial charge in [-0.3, -0.25) is 4.79 Å². The molecule has 0 spiro atoms. The van der Waals surface area contributed by atoms with E-state index in [4.69, 9.17) is 4.42 Å². The van der Waals surface area contributed by atoms with Crippen LogP contribution in [0.1, 0.15) is 42.3 Å². The van der Waals surface area contributed by atoms with Gasteiger partial charge in [0.15, 0.2) is 0 Å². The summed E-state index contributed by atoms with van der Waals surface area (Å²) in [6, 6.07) is 18.0. The SMILES string of the molecule is Cc1oc(-c2ccccc2)nc1CC(=O)NC(c1ccc(Br)cc1)C1CCC1. The molecule has 0 bridgehead atoms. The third kappa shape index (κ3) is 4.20. The minimum Gasteiger partial charge on any atom is -0.441 e. The first-order valence-electron chi connectivity index (χ1n) is 9.66. The molecule has 4 nitrogen and oxygen atoms in total. The molecule has 1 N–H and O–H groups in total. The fraction of sp³-hybridized carbons (Fsp3) is 0.304. The smallest absolute Gasteiger partial charge is 0.226 e. The van der Waals surface area contributed by atoms with E-state index in [0.717, 1.165) is 28.4 Å². The van der Waals surface area contributed by atoms with Crippen molar-refractivity contribution in [2.45, 2.75) is 38.6 Å². The average molecular weight is 439 g/mol. The number of carbonyl (C=O) groups is 1. The first-order chi connectivity index (χ1) is 13.6. The lowest BCUT2D eigenvalue weighted by Crippen LogP contribution is -2.37. The molecule has 0 aliphatic heterocycles. The number of aromatic nitrogens is 1. The number of nitrogens with one attached hydrogen (secondary N) is 1. The van der Waals surface area contributed by atoms with Crippen molar-refractivity contribution in [2.75, 3.05) is 0 Å². The van der Waals surface area contributed by atoms with Gasteiger partial charge in [0, 0.05) is 10.0 Å². The average Bonchev–Trinajstić information content (AvgIpc) is 3.01. The molecule has 1 aliphatic rings. The van der Waals surface area contributed by atoms with E-state index in [0.29, 0.717) is 23.3 Å². The molecule has 1 unspecified atom stereocenters. The van der Waals surface area contributed by atoms with Gasteiger partial charge in [-0.15, -0.1) is 0 Å². The van der Waals surface area contributed by atoms with Crippen LogP contribution in [0.3, 0.4) is 0 Å². The highest BCUT2D eigenvalue weighted by molar-refractivity contribution is 9.10. The minimum atomic E-state index is -0.0177. The van der Waals surface area contributed by atoms with Crippen LogP contribution < -0.4 is 5.32 Å². The lowest BCUT2D eigenvalue weighted by molar-refractivity contribution is -0.121. The molecule has 1 aliphatic carbocycles. The number of nitrogens with zero attached hydrogens (tertiary/aromatic N) is 1. The van der Waals surface area contributed by atoms with Crippen molar-refractivity contribution in [3.63, 3.8) is 0 Å². The molecule has 4 rings (SSSR count). The number of halogens is 1. The Bertz CT molecular complexity index is 946. The lowest BCUT2D eigenvalue weighted by Gasteiger charge is -2.34. The van der Waals surface area contributed by atoms with E-state index in [-0.39, 0.29) is 18.4 Å². The Morgan fingerprint density at radius 2 is 1.89 bits per heavy atom. The third-order valence-electron chi connectivity index (χ3n) is 5.41. The summed E-state index contributed by atoms with van der Waals surface area (Å²) < 4.78 is 6.83. The van der Waals surface area contributed by atoms with E-state index in [1.54, 1.807) is 0 Å². The molecular weight excluding hydrogens is 416 g/mol. The number of rotatable bonds is 6. The van der Waals surface area contributed by atoms with Crippen LogP contribution in [0.25, 0.3) is 11.5 Å². The molecule has 1 atom stereocenters. The summed E-state index contributed by atoms with van der Waals surface area (Å²) in [5.74, 6) is 1.74. The van der Waals surface area contributed by atoms with Crippen molar-refractivity contribution in [3.8, 4) is 11.5 Å². The van der Waals surface area contributed by atoms with Crippen molar-refractivity contribution < 1.29 is 9.21 Å². The molecule has 5 heteroatoms. The second-order valence-corrected chi connectivity index (χ2v) is 8.27. The maximum absolute atomic E-state index is 12.8. The summed E-state index contributed by atoms with van der Waals surface area (Å²) in [6.45, 7) is 1.86. The molecule has 1 amide bonds. The van der Waals surface area contributed by atoms with E-state index < -0.39 is 0 Å². The molecule has 28 heavy (non-hydrogen) atoms. The summed E-state index contributed by atoms with van der Waals surface area (Å²) >= 11 is 3.48. The van der Waals surface area contributed by atoms with Gasteiger partial charge in [0.05, 0.1) is 18.2 Å². The Hall–Kier alpha value is -2.40. The highest BCUT2D eigenvalue weighted by Crippen LogP contribution is 2.38. The van der Waals surface area contributed by atoms with E-state index >= 15 is 0 Å². The van der Waals surface area contributed by atoms with Gasteiger partial charge in [0.25, 0.3) is 0 Å².